The van der Waals surface area contributed by atoms with Crippen molar-refractivity contribution in [3.63, 3.8) is 0 Å². The number of hydrogen-bond donors (Lipinski definition) is 2. The fraction of sp³-hybridized carbons (Fsp3) is 0.231. The quantitative estimate of drug-likeness (QED) is 0.450. The number of imidazole rings is 1. The Balaban J connectivity index is 1.44. The molecule has 1 fully saturated rings. The van der Waals surface area contributed by atoms with E-state index < -0.39 is 15.8 Å². The van der Waals surface area contributed by atoms with Crippen LogP contribution in [-0.4, -0.2) is 59.0 Å². The Morgan fingerprint density at radius 2 is 1.68 bits per heavy atom. The molecule has 1 aromatic heterocycles. The highest BCUT2D eigenvalue weighted by Gasteiger charge is 2.22. The standard InChI is InChI=1S/C26H25N3O4S/c1-17-27-24-15-21(14-23(26(30)31)25(24)28-17)18-6-8-19(9-7-18)22-5-3-2-4-20(22)16-29-10-12-34(32,33)13-11-29/h2-9,14-15H,10-13,16H2,1H3,(H,27,28)(H,30,31). The number of hydrogen-bond acceptors (Lipinski definition) is 5. The third-order valence-electron chi connectivity index (χ3n) is 6.31. The molecule has 0 unspecified atom stereocenters. The summed E-state index contributed by atoms with van der Waals surface area (Å²) in [6.07, 6.45) is 0. The number of aryl methyl sites for hydroxylation is 1. The molecule has 5 rings (SSSR count). The van der Waals surface area contributed by atoms with Crippen LogP contribution in [0.25, 0.3) is 33.3 Å². The summed E-state index contributed by atoms with van der Waals surface area (Å²) in [4.78, 5) is 21.4. The molecule has 1 aliphatic heterocycles. The van der Waals surface area contributed by atoms with Gasteiger partial charge in [-0.15, -0.1) is 0 Å². The fourth-order valence-corrected chi connectivity index (χ4v) is 5.78. The summed E-state index contributed by atoms with van der Waals surface area (Å²) in [6.45, 7) is 3.61. The van der Waals surface area contributed by atoms with Crippen LogP contribution >= 0.6 is 0 Å². The predicted molar refractivity (Wildman–Crippen MR) is 133 cm³/mol. The van der Waals surface area contributed by atoms with Gasteiger partial charge < -0.3 is 10.1 Å². The van der Waals surface area contributed by atoms with Gasteiger partial charge in [-0.25, -0.2) is 18.2 Å². The first kappa shape index (κ1) is 22.3. The van der Waals surface area contributed by atoms with Gasteiger partial charge in [-0.05, 0) is 46.9 Å². The average Bonchev–Trinajstić information content (AvgIpc) is 3.20. The van der Waals surface area contributed by atoms with Crippen LogP contribution in [0.2, 0.25) is 0 Å². The predicted octanol–water partition coefficient (Wildman–Crippen LogP) is 4.13. The number of benzene rings is 3. The van der Waals surface area contributed by atoms with Gasteiger partial charge in [-0.3, -0.25) is 4.90 Å². The van der Waals surface area contributed by atoms with E-state index in [1.54, 1.807) is 13.0 Å². The first-order valence-electron chi connectivity index (χ1n) is 11.1. The zero-order valence-electron chi connectivity index (χ0n) is 18.8. The van der Waals surface area contributed by atoms with Crippen molar-refractivity contribution in [2.75, 3.05) is 24.6 Å². The summed E-state index contributed by atoms with van der Waals surface area (Å²) < 4.78 is 23.5. The number of nitrogens with one attached hydrogen (secondary N) is 1. The van der Waals surface area contributed by atoms with Crippen molar-refractivity contribution in [3.05, 3.63) is 77.6 Å². The Morgan fingerprint density at radius 1 is 1.00 bits per heavy atom. The lowest BCUT2D eigenvalue weighted by Crippen LogP contribution is -2.39. The second-order valence-corrected chi connectivity index (χ2v) is 11.0. The summed E-state index contributed by atoms with van der Waals surface area (Å²) in [7, 11) is -2.91. The molecule has 0 radical (unpaired) electrons. The lowest BCUT2D eigenvalue weighted by Gasteiger charge is -2.27. The molecule has 0 amide bonds. The first-order valence-corrected chi connectivity index (χ1v) is 13.0. The van der Waals surface area contributed by atoms with Crippen molar-refractivity contribution in [2.24, 2.45) is 0 Å². The first-order chi connectivity index (χ1) is 16.3. The van der Waals surface area contributed by atoms with Gasteiger partial charge in [0.1, 0.15) is 11.3 Å². The highest BCUT2D eigenvalue weighted by Crippen LogP contribution is 2.31. The van der Waals surface area contributed by atoms with Crippen LogP contribution in [0.15, 0.2) is 60.7 Å². The van der Waals surface area contributed by atoms with Crippen molar-refractivity contribution >= 4 is 26.8 Å². The number of aromatic amines is 1. The smallest absolute Gasteiger partial charge is 0.337 e. The maximum atomic E-state index is 11.8. The van der Waals surface area contributed by atoms with Crippen LogP contribution < -0.4 is 0 Å². The highest BCUT2D eigenvalue weighted by molar-refractivity contribution is 7.91. The van der Waals surface area contributed by atoms with Crippen LogP contribution in [0.3, 0.4) is 0 Å². The minimum atomic E-state index is -2.91. The molecule has 1 saturated heterocycles. The van der Waals surface area contributed by atoms with Crippen LogP contribution in [-0.2, 0) is 16.4 Å². The minimum absolute atomic E-state index is 0.176. The molecule has 0 spiro atoms. The number of carboxylic acid groups (broad SMARTS) is 1. The molecular weight excluding hydrogens is 450 g/mol. The normalized spacial score (nSPS) is 16.0. The number of aromatic carboxylic acids is 1. The molecule has 3 aromatic carbocycles. The van der Waals surface area contributed by atoms with Gasteiger partial charge in [0.2, 0.25) is 0 Å². The van der Waals surface area contributed by atoms with Crippen molar-refractivity contribution in [1.82, 2.24) is 14.9 Å². The van der Waals surface area contributed by atoms with Crippen molar-refractivity contribution in [3.8, 4) is 22.3 Å². The van der Waals surface area contributed by atoms with E-state index in [1.807, 2.05) is 42.5 Å². The molecule has 2 N–H and O–H groups in total. The van der Waals surface area contributed by atoms with Crippen LogP contribution in [0, 0.1) is 6.92 Å². The molecule has 34 heavy (non-hydrogen) atoms. The third-order valence-corrected chi connectivity index (χ3v) is 7.92. The number of sulfone groups is 1. The zero-order valence-corrected chi connectivity index (χ0v) is 19.6. The molecule has 0 aliphatic carbocycles. The maximum Gasteiger partial charge on any atom is 0.337 e. The molecule has 2 heterocycles. The van der Waals surface area contributed by atoms with E-state index in [0.717, 1.165) is 27.8 Å². The molecule has 8 heteroatoms. The molecule has 4 aromatic rings. The number of nitrogens with zero attached hydrogens (tertiary/aromatic N) is 2. The maximum absolute atomic E-state index is 11.8. The van der Waals surface area contributed by atoms with Crippen LogP contribution in [0.5, 0.6) is 0 Å². The monoisotopic (exact) mass is 475 g/mol. The van der Waals surface area contributed by atoms with Gasteiger partial charge in [-0.1, -0.05) is 48.5 Å². The summed E-state index contributed by atoms with van der Waals surface area (Å²) in [5.41, 5.74) is 6.37. The average molecular weight is 476 g/mol. The molecule has 0 atom stereocenters. The Labute approximate surface area is 198 Å². The SMILES string of the molecule is Cc1nc2c(C(=O)O)cc(-c3ccc(-c4ccccc4CN4CCS(=O)(=O)CC4)cc3)cc2[nH]1. The van der Waals surface area contributed by atoms with E-state index in [4.69, 9.17) is 0 Å². The van der Waals surface area contributed by atoms with Gasteiger partial charge in [0.05, 0.1) is 22.6 Å². The van der Waals surface area contributed by atoms with E-state index in [2.05, 4.69) is 27.0 Å². The summed E-state index contributed by atoms with van der Waals surface area (Å²) in [6, 6.07) is 19.8. The van der Waals surface area contributed by atoms with Crippen LogP contribution in [0.4, 0.5) is 0 Å². The molecule has 174 valence electrons. The second-order valence-electron chi connectivity index (χ2n) is 8.71. The minimum Gasteiger partial charge on any atom is -0.478 e. The topological polar surface area (TPSA) is 103 Å². The lowest BCUT2D eigenvalue weighted by atomic mass is 9.96. The molecular formula is C26H25N3O4S. The van der Waals surface area contributed by atoms with Gasteiger partial charge >= 0.3 is 5.97 Å². The number of H-pyrrole nitrogens is 1. The Morgan fingerprint density at radius 3 is 2.38 bits per heavy atom. The second kappa shape index (κ2) is 8.70. The number of fused-ring (bicyclic) bond motifs is 1. The van der Waals surface area contributed by atoms with E-state index in [1.165, 1.54) is 0 Å². The molecule has 7 nitrogen and oxygen atoms in total. The molecule has 0 saturated carbocycles. The van der Waals surface area contributed by atoms with E-state index >= 15 is 0 Å². The van der Waals surface area contributed by atoms with E-state index in [-0.39, 0.29) is 17.1 Å². The number of rotatable bonds is 5. The number of carbonyl (C=O) groups is 1. The highest BCUT2D eigenvalue weighted by atomic mass is 32.2. The summed E-state index contributed by atoms with van der Waals surface area (Å²) in [5.74, 6) is 0.0902. The van der Waals surface area contributed by atoms with Crippen LogP contribution in [0.1, 0.15) is 21.7 Å². The van der Waals surface area contributed by atoms with Gasteiger partial charge in [0.25, 0.3) is 0 Å². The van der Waals surface area contributed by atoms with Crippen molar-refractivity contribution in [1.29, 1.82) is 0 Å². The number of aromatic nitrogens is 2. The van der Waals surface area contributed by atoms with E-state index in [0.29, 0.717) is 36.5 Å². The van der Waals surface area contributed by atoms with Gasteiger partial charge in [0, 0.05) is 19.6 Å². The molecule has 0 bridgehead atoms. The number of carboxylic acids is 1. The van der Waals surface area contributed by atoms with Gasteiger partial charge in [-0.2, -0.15) is 0 Å². The van der Waals surface area contributed by atoms with Gasteiger partial charge in [0.15, 0.2) is 9.84 Å². The summed E-state index contributed by atoms with van der Waals surface area (Å²) in [5, 5.41) is 9.66. The summed E-state index contributed by atoms with van der Waals surface area (Å²) >= 11 is 0. The molecule has 1 aliphatic rings. The van der Waals surface area contributed by atoms with Crippen molar-refractivity contribution in [2.45, 2.75) is 13.5 Å². The Kier molecular flexibility index (Phi) is 5.71. The fourth-order valence-electron chi connectivity index (χ4n) is 4.50. The third kappa shape index (κ3) is 4.47. The van der Waals surface area contributed by atoms with Crippen molar-refractivity contribution < 1.29 is 18.3 Å². The largest absolute Gasteiger partial charge is 0.478 e. The van der Waals surface area contributed by atoms with E-state index in [9.17, 15) is 18.3 Å². The zero-order chi connectivity index (χ0) is 23.9. The Hall–Kier alpha value is -3.49. The lowest BCUT2D eigenvalue weighted by molar-refractivity contribution is 0.0699. The Bertz CT molecular complexity index is 1480.